The van der Waals surface area contributed by atoms with Crippen molar-refractivity contribution in [3.8, 4) is 0 Å². The summed E-state index contributed by atoms with van der Waals surface area (Å²) in [5, 5.41) is 6.82. The summed E-state index contributed by atoms with van der Waals surface area (Å²) in [7, 11) is 0. The molecule has 1 aromatic carbocycles. The second-order valence-corrected chi connectivity index (χ2v) is 8.96. The van der Waals surface area contributed by atoms with Crippen LogP contribution in [0.25, 0.3) is 5.32 Å². The molecule has 0 bridgehead atoms. The van der Waals surface area contributed by atoms with Crippen molar-refractivity contribution in [2.45, 2.75) is 77.2 Å². The molecule has 0 aromatic heterocycles. The first kappa shape index (κ1) is 33.0. The van der Waals surface area contributed by atoms with E-state index in [1.807, 2.05) is 24.3 Å². The van der Waals surface area contributed by atoms with Crippen LogP contribution in [0.1, 0.15) is 75.3 Å². The first-order valence-electron chi connectivity index (χ1n) is 12.6. The quantitative estimate of drug-likeness (QED) is 0.167. The number of hydrogen-bond acceptors (Lipinski definition) is 6. The van der Waals surface area contributed by atoms with E-state index in [1.54, 1.807) is 0 Å². The Balaban J connectivity index is 0.00000648. The number of carbonyl (C=O) groups excluding carboxylic acids is 5. The number of carbonyl (C=O) groups is 5. The number of Topliss-reactive ketones (excluding diaryl/α,β-unsaturated/α-hetero) is 2. The van der Waals surface area contributed by atoms with Crippen LogP contribution in [0.5, 0.6) is 0 Å². The number of unbranched alkanes of at least 4 members (excludes halogenated alkanes) is 3. The van der Waals surface area contributed by atoms with Crippen molar-refractivity contribution in [3.63, 3.8) is 0 Å². The molecule has 0 radical (unpaired) electrons. The minimum absolute atomic E-state index is 0. The number of amides is 2. The molecule has 1 saturated carbocycles. The molecule has 0 spiro atoms. The summed E-state index contributed by atoms with van der Waals surface area (Å²) in [6, 6.07) is 7.36. The van der Waals surface area contributed by atoms with Crippen molar-refractivity contribution in [1.82, 2.24) is 5.32 Å². The van der Waals surface area contributed by atoms with E-state index >= 15 is 0 Å². The van der Waals surface area contributed by atoms with Crippen LogP contribution in [0.3, 0.4) is 0 Å². The average molecular weight is 571 g/mol. The Bertz CT molecular complexity index is 843. The van der Waals surface area contributed by atoms with Gasteiger partial charge in [0, 0.05) is 38.8 Å². The molecular formula is C27H37N2O6Rb. The molecule has 2 rings (SSSR count). The predicted molar refractivity (Wildman–Crippen MR) is 132 cm³/mol. The largest absolute Gasteiger partial charge is 1.00 e. The molecule has 36 heavy (non-hydrogen) atoms. The van der Waals surface area contributed by atoms with Crippen LogP contribution >= 0.6 is 0 Å². The van der Waals surface area contributed by atoms with Gasteiger partial charge in [0.2, 0.25) is 5.91 Å². The maximum atomic E-state index is 12.4. The number of rotatable bonds is 17. The molecule has 1 fully saturated rings. The molecule has 1 aliphatic rings. The molecule has 8 nitrogen and oxygen atoms in total. The van der Waals surface area contributed by atoms with Gasteiger partial charge in [0.1, 0.15) is 17.9 Å². The fourth-order valence-electron chi connectivity index (χ4n) is 3.98. The van der Waals surface area contributed by atoms with E-state index in [1.165, 1.54) is 0 Å². The Hall–Kier alpha value is -1.06. The molecule has 0 saturated heterocycles. The Morgan fingerprint density at radius 3 is 2.50 bits per heavy atom. The van der Waals surface area contributed by atoms with Crippen LogP contribution in [0, 0.1) is 5.92 Å². The molecule has 1 unspecified atom stereocenters. The fourth-order valence-corrected chi connectivity index (χ4v) is 3.98. The molecule has 192 valence electrons. The smallest absolute Gasteiger partial charge is 0.648 e. The van der Waals surface area contributed by atoms with Gasteiger partial charge in [0.05, 0.1) is 18.4 Å². The number of benzene rings is 1. The van der Waals surface area contributed by atoms with Gasteiger partial charge in [-0.2, -0.15) is 0 Å². The van der Waals surface area contributed by atoms with Gasteiger partial charge in [-0.05, 0) is 37.7 Å². The van der Waals surface area contributed by atoms with Crippen LogP contribution in [0.2, 0.25) is 0 Å². The van der Waals surface area contributed by atoms with E-state index in [0.717, 1.165) is 49.5 Å². The van der Waals surface area contributed by atoms with Gasteiger partial charge in [-0.15, -0.1) is 6.54 Å². The molecule has 1 aliphatic carbocycles. The Kier molecular flexibility index (Phi) is 18.3. The summed E-state index contributed by atoms with van der Waals surface area (Å²) in [5.74, 6) is -0.798. The van der Waals surface area contributed by atoms with Gasteiger partial charge >= 0.3 is 58.2 Å². The van der Waals surface area contributed by atoms with E-state index in [0.29, 0.717) is 45.3 Å². The van der Waals surface area contributed by atoms with Gasteiger partial charge in [0.25, 0.3) is 0 Å². The number of nitrogens with zero attached hydrogens (tertiary/aromatic N) is 1. The topological polar surface area (TPSA) is 121 Å². The monoisotopic (exact) mass is 570 g/mol. The van der Waals surface area contributed by atoms with Crippen LogP contribution < -0.4 is 63.5 Å². The third kappa shape index (κ3) is 14.0. The standard InChI is InChI=1S/C27H38N2O6.Rb/c30-16-6-2-1-5-15-28-26(33)10-7-17-35-20-27(34)29-19-22-13-11-21(12-14-22)18-25(32)23-8-3-4-9-24(23)31;/h11-14,16,23H,1-10,15,17-20H2,(H2,28,29,33,34);/q;+1/p-1. The maximum Gasteiger partial charge on any atom is 1.00 e. The summed E-state index contributed by atoms with van der Waals surface area (Å²) in [5.41, 5.74) is 1.71. The zero-order valence-corrected chi connectivity index (χ0v) is 26.4. The summed E-state index contributed by atoms with van der Waals surface area (Å²) in [6.45, 7) is 1.01. The molecule has 0 heterocycles. The molecule has 9 heteroatoms. The van der Waals surface area contributed by atoms with E-state index in [9.17, 15) is 24.0 Å². The van der Waals surface area contributed by atoms with E-state index in [2.05, 4.69) is 10.6 Å². The SMILES string of the molecule is O=CCCCCCNC(=O)CCCOCC(=O)[N-]Cc1ccc(CC(=O)C2CCCCC2=O)cc1.[Rb+]. The van der Waals surface area contributed by atoms with Crippen molar-refractivity contribution < 1.29 is 86.9 Å². The van der Waals surface area contributed by atoms with Crippen LogP contribution in [0.15, 0.2) is 24.3 Å². The first-order chi connectivity index (χ1) is 17.0. The number of ether oxygens (including phenoxy) is 1. The van der Waals surface area contributed by atoms with Gasteiger partial charge in [0.15, 0.2) is 0 Å². The minimum Gasteiger partial charge on any atom is -0.648 e. The molecule has 1 aromatic rings. The number of ketones is 2. The Morgan fingerprint density at radius 1 is 1.03 bits per heavy atom. The number of aldehydes is 1. The third-order valence-electron chi connectivity index (χ3n) is 6.02. The van der Waals surface area contributed by atoms with E-state index in [-0.39, 0.29) is 101 Å². The van der Waals surface area contributed by atoms with E-state index in [4.69, 9.17) is 4.74 Å². The van der Waals surface area contributed by atoms with Crippen molar-refractivity contribution >= 4 is 29.7 Å². The molecule has 0 aliphatic heterocycles. The van der Waals surface area contributed by atoms with E-state index < -0.39 is 5.92 Å². The van der Waals surface area contributed by atoms with Gasteiger partial charge in [-0.3, -0.25) is 14.4 Å². The van der Waals surface area contributed by atoms with Crippen molar-refractivity contribution in [3.05, 3.63) is 40.7 Å². The maximum absolute atomic E-state index is 12.4. The fraction of sp³-hybridized carbons (Fsp3) is 0.593. The molecule has 1 atom stereocenters. The molecular weight excluding hydrogens is 534 g/mol. The first-order valence-corrected chi connectivity index (χ1v) is 12.6. The summed E-state index contributed by atoms with van der Waals surface area (Å²) in [4.78, 5) is 58.2. The Labute approximate surface area is 262 Å². The normalized spacial score (nSPS) is 15.0. The van der Waals surface area contributed by atoms with Gasteiger partial charge in [-0.25, -0.2) is 0 Å². The van der Waals surface area contributed by atoms with Crippen LogP contribution in [-0.4, -0.2) is 49.4 Å². The number of hydrogen-bond donors (Lipinski definition) is 1. The minimum atomic E-state index is -0.449. The second-order valence-electron chi connectivity index (χ2n) is 8.96. The number of nitrogens with one attached hydrogen (secondary N) is 1. The third-order valence-corrected chi connectivity index (χ3v) is 6.02. The summed E-state index contributed by atoms with van der Waals surface area (Å²) < 4.78 is 5.31. The molecule has 2 amide bonds. The zero-order chi connectivity index (χ0) is 25.3. The van der Waals surface area contributed by atoms with Crippen molar-refractivity contribution in [1.29, 1.82) is 0 Å². The van der Waals surface area contributed by atoms with Gasteiger partial charge in [-0.1, -0.05) is 42.7 Å². The summed E-state index contributed by atoms with van der Waals surface area (Å²) in [6.07, 6.45) is 8.19. The van der Waals surface area contributed by atoms with Gasteiger partial charge < -0.3 is 25.0 Å². The van der Waals surface area contributed by atoms with Crippen molar-refractivity contribution in [2.75, 3.05) is 19.8 Å². The molecule has 1 N–H and O–H groups in total. The Morgan fingerprint density at radius 2 is 1.78 bits per heavy atom. The van der Waals surface area contributed by atoms with Crippen LogP contribution in [0.4, 0.5) is 0 Å². The second kappa shape index (κ2) is 20.0. The summed E-state index contributed by atoms with van der Waals surface area (Å²) >= 11 is 0. The van der Waals surface area contributed by atoms with Crippen molar-refractivity contribution in [2.24, 2.45) is 5.92 Å². The van der Waals surface area contributed by atoms with Crippen LogP contribution in [-0.2, 0) is 41.7 Å². The predicted octanol–water partition coefficient (Wildman–Crippen LogP) is 0.634. The zero-order valence-electron chi connectivity index (χ0n) is 21.5. The average Bonchev–Trinajstić information content (AvgIpc) is 2.85.